The van der Waals surface area contributed by atoms with E-state index in [1.54, 1.807) is 37.3 Å². The third-order valence-corrected chi connectivity index (χ3v) is 5.53. The van der Waals surface area contributed by atoms with Crippen molar-refractivity contribution >= 4 is 16.8 Å². The highest BCUT2D eigenvalue weighted by Gasteiger charge is 2.32. The minimum Gasteiger partial charge on any atom is -0.493 e. The Morgan fingerprint density at radius 2 is 1.97 bits per heavy atom. The van der Waals surface area contributed by atoms with Gasteiger partial charge in [0.05, 0.1) is 27.2 Å². The number of carbonyl (C=O) groups is 1. The van der Waals surface area contributed by atoms with Gasteiger partial charge in [0.25, 0.3) is 0 Å². The maximum Gasteiger partial charge on any atom is 0.227 e. The Labute approximate surface area is 175 Å². The number of hydrogen-bond donors (Lipinski definition) is 2. The predicted molar refractivity (Wildman–Crippen MR) is 113 cm³/mol. The van der Waals surface area contributed by atoms with E-state index in [1.807, 2.05) is 30.5 Å². The summed E-state index contributed by atoms with van der Waals surface area (Å²) >= 11 is 0. The molecule has 0 aliphatic carbocycles. The van der Waals surface area contributed by atoms with Crippen LogP contribution < -0.4 is 14.2 Å². The monoisotopic (exact) mass is 410 g/mol. The van der Waals surface area contributed by atoms with Crippen LogP contribution in [-0.2, 0) is 11.2 Å². The van der Waals surface area contributed by atoms with E-state index in [1.165, 1.54) is 0 Å². The maximum atomic E-state index is 12.8. The summed E-state index contributed by atoms with van der Waals surface area (Å²) in [4.78, 5) is 17.7. The molecular formula is C23H26N2O5. The number of aromatic amines is 1. The Balaban J connectivity index is 1.37. The molecule has 1 amide bonds. The number of carbonyl (C=O) groups excluding carboxylic acids is 1. The number of methoxy groups -OCH3 is 2. The molecule has 1 aliphatic rings. The lowest BCUT2D eigenvalue weighted by molar-refractivity contribution is -0.136. The fourth-order valence-corrected chi connectivity index (χ4v) is 3.89. The van der Waals surface area contributed by atoms with Crippen molar-refractivity contribution in [2.75, 3.05) is 27.3 Å². The van der Waals surface area contributed by atoms with E-state index in [-0.39, 0.29) is 18.6 Å². The number of aliphatic hydroxyl groups is 1. The Kier molecular flexibility index (Phi) is 5.81. The first-order valence-electron chi connectivity index (χ1n) is 9.98. The minimum atomic E-state index is -0.765. The van der Waals surface area contributed by atoms with Gasteiger partial charge in [0.1, 0.15) is 18.0 Å². The third kappa shape index (κ3) is 4.07. The molecule has 0 radical (unpaired) electrons. The molecule has 2 N–H and O–H groups in total. The Hall–Kier alpha value is -3.19. The van der Waals surface area contributed by atoms with Crippen molar-refractivity contribution in [3.63, 3.8) is 0 Å². The molecule has 1 fully saturated rings. The van der Waals surface area contributed by atoms with Crippen LogP contribution in [0.25, 0.3) is 10.9 Å². The molecule has 158 valence electrons. The summed E-state index contributed by atoms with van der Waals surface area (Å²) in [6.07, 6.45) is 1.58. The number of benzene rings is 2. The molecule has 2 atom stereocenters. The molecule has 0 bridgehead atoms. The van der Waals surface area contributed by atoms with Crippen molar-refractivity contribution in [1.29, 1.82) is 0 Å². The molecule has 0 spiro atoms. The lowest BCUT2D eigenvalue weighted by atomic mass is 10.0. The average Bonchev–Trinajstić information content (AvgIpc) is 3.17. The Bertz CT molecular complexity index is 1030. The van der Waals surface area contributed by atoms with Gasteiger partial charge in [-0.25, -0.2) is 0 Å². The van der Waals surface area contributed by atoms with Crippen LogP contribution in [-0.4, -0.2) is 60.4 Å². The number of nitrogens with zero attached hydrogens (tertiary/aromatic N) is 1. The van der Waals surface area contributed by atoms with Crippen molar-refractivity contribution < 1.29 is 24.1 Å². The molecule has 1 aliphatic heterocycles. The van der Waals surface area contributed by atoms with Gasteiger partial charge in [-0.15, -0.1) is 0 Å². The van der Waals surface area contributed by atoms with Crippen LogP contribution in [0.2, 0.25) is 0 Å². The number of para-hydroxylation sites is 1. The fourth-order valence-electron chi connectivity index (χ4n) is 3.89. The van der Waals surface area contributed by atoms with Gasteiger partial charge >= 0.3 is 0 Å². The van der Waals surface area contributed by atoms with Gasteiger partial charge in [0.15, 0.2) is 11.5 Å². The number of aromatic nitrogens is 1. The first-order valence-corrected chi connectivity index (χ1v) is 9.98. The molecule has 0 unspecified atom stereocenters. The normalized spacial score (nSPS) is 19.0. The number of fused-ring (bicyclic) bond motifs is 1. The number of likely N-dealkylation sites (tertiary alicyclic amines) is 1. The molecule has 4 rings (SSSR count). The SMILES string of the molecule is COc1ccc(O[C@@H]2CCN(C(=O)Cc3c[nH]c4ccccc34)C[C@H]2O)cc1OC. The molecule has 1 aromatic heterocycles. The topological polar surface area (TPSA) is 84.0 Å². The van der Waals surface area contributed by atoms with Crippen LogP contribution in [0.3, 0.4) is 0 Å². The number of β-amino-alcohol motifs (C(OH)–C–C–N with tert-alkyl or cyclic N) is 1. The molecule has 7 nitrogen and oxygen atoms in total. The highest BCUT2D eigenvalue weighted by Crippen LogP contribution is 2.32. The van der Waals surface area contributed by atoms with E-state index in [4.69, 9.17) is 14.2 Å². The molecule has 0 saturated carbocycles. The van der Waals surface area contributed by atoms with Gasteiger partial charge in [-0.1, -0.05) is 18.2 Å². The van der Waals surface area contributed by atoms with Crippen LogP contribution in [0.5, 0.6) is 17.2 Å². The molecule has 1 saturated heterocycles. The zero-order valence-electron chi connectivity index (χ0n) is 17.1. The maximum absolute atomic E-state index is 12.8. The summed E-state index contributed by atoms with van der Waals surface area (Å²) in [5, 5.41) is 11.6. The van der Waals surface area contributed by atoms with Crippen molar-refractivity contribution in [2.45, 2.75) is 25.0 Å². The molecule has 30 heavy (non-hydrogen) atoms. The summed E-state index contributed by atoms with van der Waals surface area (Å²) in [6.45, 7) is 0.787. The van der Waals surface area contributed by atoms with E-state index < -0.39 is 6.10 Å². The number of amides is 1. The summed E-state index contributed by atoms with van der Waals surface area (Å²) < 4.78 is 16.5. The van der Waals surface area contributed by atoms with E-state index >= 15 is 0 Å². The van der Waals surface area contributed by atoms with Crippen molar-refractivity contribution in [1.82, 2.24) is 9.88 Å². The smallest absolute Gasteiger partial charge is 0.227 e. The van der Waals surface area contributed by atoms with E-state index in [0.717, 1.165) is 16.5 Å². The van der Waals surface area contributed by atoms with Crippen LogP contribution in [0.1, 0.15) is 12.0 Å². The number of H-pyrrole nitrogens is 1. The number of nitrogens with one attached hydrogen (secondary N) is 1. The van der Waals surface area contributed by atoms with Crippen LogP contribution >= 0.6 is 0 Å². The van der Waals surface area contributed by atoms with Crippen molar-refractivity contribution in [2.24, 2.45) is 0 Å². The summed E-state index contributed by atoms with van der Waals surface area (Å²) in [5.74, 6) is 1.78. The number of hydrogen-bond acceptors (Lipinski definition) is 5. The second-order valence-electron chi connectivity index (χ2n) is 7.41. The molecule has 2 heterocycles. The molecule has 3 aromatic rings. The zero-order valence-corrected chi connectivity index (χ0v) is 17.1. The Morgan fingerprint density at radius 3 is 2.73 bits per heavy atom. The number of piperidine rings is 1. The molecular weight excluding hydrogens is 384 g/mol. The number of ether oxygens (including phenoxy) is 3. The zero-order chi connectivity index (χ0) is 21.1. The van der Waals surface area contributed by atoms with Gasteiger partial charge < -0.3 is 29.2 Å². The van der Waals surface area contributed by atoms with E-state index in [0.29, 0.717) is 36.6 Å². The highest BCUT2D eigenvalue weighted by molar-refractivity contribution is 5.88. The van der Waals surface area contributed by atoms with Crippen LogP contribution in [0.15, 0.2) is 48.7 Å². The fraction of sp³-hybridized carbons (Fsp3) is 0.348. The van der Waals surface area contributed by atoms with Gasteiger partial charge in [0, 0.05) is 36.1 Å². The quantitative estimate of drug-likeness (QED) is 0.653. The molecule has 2 aromatic carbocycles. The summed E-state index contributed by atoms with van der Waals surface area (Å²) in [6, 6.07) is 13.2. The second kappa shape index (κ2) is 8.67. The van der Waals surface area contributed by atoms with Gasteiger partial charge in [-0.2, -0.15) is 0 Å². The predicted octanol–water partition coefficient (Wildman–Crippen LogP) is 2.77. The second-order valence-corrected chi connectivity index (χ2v) is 7.41. The van der Waals surface area contributed by atoms with Crippen LogP contribution in [0, 0.1) is 0 Å². The lowest BCUT2D eigenvalue weighted by Crippen LogP contribution is -2.51. The van der Waals surface area contributed by atoms with Gasteiger partial charge in [-0.05, 0) is 23.8 Å². The minimum absolute atomic E-state index is 0.00312. The van der Waals surface area contributed by atoms with Crippen molar-refractivity contribution in [3.8, 4) is 17.2 Å². The first-order chi connectivity index (χ1) is 14.6. The lowest BCUT2D eigenvalue weighted by Gasteiger charge is -2.36. The summed E-state index contributed by atoms with van der Waals surface area (Å²) in [7, 11) is 3.14. The largest absolute Gasteiger partial charge is 0.493 e. The highest BCUT2D eigenvalue weighted by atomic mass is 16.5. The van der Waals surface area contributed by atoms with Crippen molar-refractivity contribution in [3.05, 3.63) is 54.2 Å². The van der Waals surface area contributed by atoms with E-state index in [9.17, 15) is 9.90 Å². The summed E-state index contributed by atoms with van der Waals surface area (Å²) in [5.41, 5.74) is 1.98. The molecule has 7 heteroatoms. The standard InChI is InChI=1S/C23H26N2O5/c1-28-21-8-7-16(12-22(21)29-2)30-20-9-10-25(14-19(20)26)23(27)11-15-13-24-18-6-4-3-5-17(15)18/h3-8,12-13,19-20,24,26H,9-11,14H2,1-2H3/t19-,20-/m1/s1. The van der Waals surface area contributed by atoms with E-state index in [2.05, 4.69) is 4.98 Å². The number of rotatable bonds is 6. The van der Waals surface area contributed by atoms with Gasteiger partial charge in [0.2, 0.25) is 5.91 Å². The number of aliphatic hydroxyl groups excluding tert-OH is 1. The van der Waals surface area contributed by atoms with Crippen LogP contribution in [0.4, 0.5) is 0 Å². The first kappa shape index (κ1) is 20.1. The average molecular weight is 410 g/mol. The third-order valence-electron chi connectivity index (χ3n) is 5.53. The van der Waals surface area contributed by atoms with Gasteiger partial charge in [-0.3, -0.25) is 4.79 Å². The Morgan fingerprint density at radius 1 is 1.17 bits per heavy atom.